The predicted octanol–water partition coefficient (Wildman–Crippen LogP) is 2.44. The first kappa shape index (κ1) is 15.5. The van der Waals surface area contributed by atoms with E-state index in [9.17, 15) is 4.79 Å². The lowest BCUT2D eigenvalue weighted by Crippen LogP contribution is -2.21. The molecule has 0 radical (unpaired) electrons. The van der Waals surface area contributed by atoms with Crippen LogP contribution in [0.2, 0.25) is 0 Å². The van der Waals surface area contributed by atoms with Gasteiger partial charge in [-0.05, 0) is 19.1 Å². The van der Waals surface area contributed by atoms with Gasteiger partial charge in [-0.25, -0.2) is 0 Å². The Bertz CT molecular complexity index is 618. The third-order valence-electron chi connectivity index (χ3n) is 2.51. The van der Waals surface area contributed by atoms with Crippen LogP contribution in [0.4, 0.5) is 5.95 Å². The Hall–Kier alpha value is -1.89. The zero-order chi connectivity index (χ0) is 15.5. The molecule has 1 amide bonds. The second-order valence-electron chi connectivity index (χ2n) is 5.55. The van der Waals surface area contributed by atoms with Crippen LogP contribution in [0.3, 0.4) is 0 Å². The molecule has 1 N–H and O–H groups in total. The standard InChI is InChI=1S/C14H19N5OS/c1-10-16-13(17-12(20)9-21-14(2,3)4)19(18-10)11-5-7-15-8-6-11/h5-8H,9H2,1-4H3,(H,16,17,18,20). The molecule has 2 rings (SSSR count). The van der Waals surface area contributed by atoms with Gasteiger partial charge in [0.1, 0.15) is 5.82 Å². The molecule has 2 aromatic rings. The van der Waals surface area contributed by atoms with Gasteiger partial charge in [-0.2, -0.15) is 9.67 Å². The van der Waals surface area contributed by atoms with E-state index >= 15 is 0 Å². The molecule has 0 aliphatic carbocycles. The van der Waals surface area contributed by atoms with Crippen molar-refractivity contribution in [1.82, 2.24) is 19.7 Å². The highest BCUT2D eigenvalue weighted by atomic mass is 32.2. The maximum Gasteiger partial charge on any atom is 0.236 e. The van der Waals surface area contributed by atoms with E-state index in [0.717, 1.165) is 5.69 Å². The van der Waals surface area contributed by atoms with Gasteiger partial charge in [-0.1, -0.05) is 20.8 Å². The second kappa shape index (κ2) is 6.26. The summed E-state index contributed by atoms with van der Waals surface area (Å²) in [5, 5.41) is 7.11. The number of nitrogens with one attached hydrogen (secondary N) is 1. The molecule has 0 fully saturated rings. The Morgan fingerprint density at radius 2 is 2.00 bits per heavy atom. The molecular formula is C14H19N5OS. The van der Waals surface area contributed by atoms with Gasteiger partial charge in [0, 0.05) is 17.1 Å². The zero-order valence-electron chi connectivity index (χ0n) is 12.6. The van der Waals surface area contributed by atoms with Crippen LogP contribution in [0.5, 0.6) is 0 Å². The van der Waals surface area contributed by atoms with E-state index in [1.165, 1.54) is 0 Å². The summed E-state index contributed by atoms with van der Waals surface area (Å²) in [6, 6.07) is 3.63. The van der Waals surface area contributed by atoms with E-state index < -0.39 is 0 Å². The van der Waals surface area contributed by atoms with Crippen molar-refractivity contribution in [3.63, 3.8) is 0 Å². The van der Waals surface area contributed by atoms with Crippen LogP contribution in [0.1, 0.15) is 26.6 Å². The van der Waals surface area contributed by atoms with Crippen molar-refractivity contribution in [1.29, 1.82) is 0 Å². The number of carbonyl (C=O) groups excluding carboxylic acids is 1. The monoisotopic (exact) mass is 305 g/mol. The lowest BCUT2D eigenvalue weighted by Gasteiger charge is -2.16. The first-order valence-electron chi connectivity index (χ1n) is 6.63. The Balaban J connectivity index is 2.12. The quantitative estimate of drug-likeness (QED) is 0.939. The van der Waals surface area contributed by atoms with Crippen LogP contribution in [0, 0.1) is 6.92 Å². The molecule has 2 heterocycles. The Kier molecular flexibility index (Phi) is 4.62. The van der Waals surface area contributed by atoms with Crippen molar-refractivity contribution in [3.8, 4) is 5.69 Å². The highest BCUT2D eigenvalue weighted by Gasteiger charge is 2.16. The topological polar surface area (TPSA) is 72.7 Å². The van der Waals surface area contributed by atoms with Gasteiger partial charge in [-0.3, -0.25) is 15.1 Å². The number of hydrogen-bond donors (Lipinski definition) is 1. The molecule has 7 heteroatoms. The minimum Gasteiger partial charge on any atom is -0.294 e. The van der Waals surface area contributed by atoms with Crippen molar-refractivity contribution in [2.75, 3.05) is 11.1 Å². The molecule has 6 nitrogen and oxygen atoms in total. The smallest absolute Gasteiger partial charge is 0.236 e. The van der Waals surface area contributed by atoms with Gasteiger partial charge in [-0.15, -0.1) is 16.9 Å². The van der Waals surface area contributed by atoms with Gasteiger partial charge < -0.3 is 0 Å². The highest BCUT2D eigenvalue weighted by Crippen LogP contribution is 2.23. The van der Waals surface area contributed by atoms with Crippen LogP contribution in [-0.4, -0.2) is 36.2 Å². The van der Waals surface area contributed by atoms with Gasteiger partial charge in [0.2, 0.25) is 11.9 Å². The minimum absolute atomic E-state index is 0.0476. The summed E-state index contributed by atoms with van der Waals surface area (Å²) >= 11 is 1.59. The second-order valence-corrected chi connectivity index (χ2v) is 7.35. The average molecular weight is 305 g/mol. The number of nitrogens with zero attached hydrogens (tertiary/aromatic N) is 4. The summed E-state index contributed by atoms with van der Waals surface area (Å²) in [5.41, 5.74) is 0.810. The Morgan fingerprint density at radius 1 is 1.33 bits per heavy atom. The van der Waals surface area contributed by atoms with Gasteiger partial charge in [0.15, 0.2) is 0 Å². The van der Waals surface area contributed by atoms with Gasteiger partial charge in [0.25, 0.3) is 0 Å². The number of anilines is 1. The number of amides is 1. The Morgan fingerprint density at radius 3 is 2.62 bits per heavy atom. The van der Waals surface area contributed by atoms with Gasteiger partial charge >= 0.3 is 0 Å². The van der Waals surface area contributed by atoms with E-state index in [0.29, 0.717) is 17.5 Å². The molecule has 0 saturated heterocycles. The number of thioether (sulfide) groups is 1. The molecule has 0 saturated carbocycles. The number of aromatic nitrogens is 4. The molecule has 0 aliphatic rings. The highest BCUT2D eigenvalue weighted by molar-refractivity contribution is 8.01. The van der Waals surface area contributed by atoms with Gasteiger partial charge in [0.05, 0.1) is 11.4 Å². The molecule has 2 aromatic heterocycles. The average Bonchev–Trinajstić information content (AvgIpc) is 2.77. The molecule has 0 spiro atoms. The van der Waals surface area contributed by atoms with Crippen molar-refractivity contribution >= 4 is 23.6 Å². The number of aryl methyl sites for hydroxylation is 1. The van der Waals surface area contributed by atoms with E-state index in [1.807, 2.05) is 12.1 Å². The van der Waals surface area contributed by atoms with E-state index in [-0.39, 0.29) is 10.7 Å². The van der Waals surface area contributed by atoms with Crippen molar-refractivity contribution in [3.05, 3.63) is 30.4 Å². The van der Waals surface area contributed by atoms with E-state index in [1.54, 1.807) is 35.8 Å². The normalized spacial score (nSPS) is 11.4. The SMILES string of the molecule is Cc1nc(NC(=O)CSC(C)(C)C)n(-c2ccncc2)n1. The van der Waals surface area contributed by atoms with Crippen LogP contribution in [0.25, 0.3) is 5.69 Å². The lowest BCUT2D eigenvalue weighted by atomic mass is 10.3. The van der Waals surface area contributed by atoms with Crippen LogP contribution in [0.15, 0.2) is 24.5 Å². The van der Waals surface area contributed by atoms with Crippen LogP contribution in [-0.2, 0) is 4.79 Å². The van der Waals surface area contributed by atoms with Crippen molar-refractivity contribution in [2.45, 2.75) is 32.4 Å². The number of pyridine rings is 1. The fourth-order valence-electron chi connectivity index (χ4n) is 1.60. The number of carbonyl (C=O) groups is 1. The largest absolute Gasteiger partial charge is 0.294 e. The zero-order valence-corrected chi connectivity index (χ0v) is 13.4. The van der Waals surface area contributed by atoms with Crippen molar-refractivity contribution < 1.29 is 4.79 Å². The summed E-state index contributed by atoms with van der Waals surface area (Å²) in [5.74, 6) is 1.33. The molecule has 0 aliphatic heterocycles. The first-order chi connectivity index (χ1) is 9.85. The van der Waals surface area contributed by atoms with Crippen LogP contribution < -0.4 is 5.32 Å². The predicted molar refractivity (Wildman–Crippen MR) is 84.7 cm³/mol. The molecule has 0 atom stereocenters. The third-order valence-corrected chi connectivity index (χ3v) is 3.78. The van der Waals surface area contributed by atoms with Crippen molar-refractivity contribution in [2.24, 2.45) is 0 Å². The fraction of sp³-hybridized carbons (Fsp3) is 0.429. The third kappa shape index (κ3) is 4.56. The minimum atomic E-state index is -0.0855. The summed E-state index contributed by atoms with van der Waals surface area (Å²) in [6.07, 6.45) is 3.35. The molecule has 0 bridgehead atoms. The van der Waals surface area contributed by atoms with E-state index in [2.05, 4.69) is 41.2 Å². The molecule has 21 heavy (non-hydrogen) atoms. The maximum absolute atomic E-state index is 12.0. The summed E-state index contributed by atoms with van der Waals surface area (Å²) in [6.45, 7) is 8.02. The molecule has 112 valence electrons. The number of rotatable bonds is 4. The molecular weight excluding hydrogens is 286 g/mol. The summed E-state index contributed by atoms with van der Waals surface area (Å²) < 4.78 is 1.66. The molecule has 0 unspecified atom stereocenters. The number of hydrogen-bond acceptors (Lipinski definition) is 5. The summed E-state index contributed by atoms with van der Waals surface area (Å²) in [4.78, 5) is 20.3. The van der Waals surface area contributed by atoms with Crippen LogP contribution >= 0.6 is 11.8 Å². The first-order valence-corrected chi connectivity index (χ1v) is 7.61. The van der Waals surface area contributed by atoms with E-state index in [4.69, 9.17) is 0 Å². The fourth-order valence-corrected chi connectivity index (χ4v) is 2.24. The summed E-state index contributed by atoms with van der Waals surface area (Å²) in [7, 11) is 0. The lowest BCUT2D eigenvalue weighted by molar-refractivity contribution is -0.113. The Labute approximate surface area is 128 Å². The molecule has 0 aromatic carbocycles. The maximum atomic E-state index is 12.0.